The average Bonchev–Trinajstić information content (AvgIpc) is 2.65. The van der Waals surface area contributed by atoms with Crippen molar-refractivity contribution in [2.75, 3.05) is 18.5 Å². The van der Waals surface area contributed by atoms with Gasteiger partial charge in [-0.3, -0.25) is 9.59 Å². The Balaban J connectivity index is 1.66. The van der Waals surface area contributed by atoms with Gasteiger partial charge in [-0.1, -0.05) is 42.5 Å². The standard InChI is InChI=1S/C21H25NO4/c1-16(21(24)25)18-9-5-10-19(15-18)22-20(23)11-6-13-26-14-12-17-7-3-2-4-8-17/h2-5,7-10,15-16H,6,11-14H2,1H3,(H,22,23)(H,24,25). The number of carboxylic acids is 1. The minimum atomic E-state index is -0.888. The molecule has 1 amide bonds. The molecule has 0 heterocycles. The van der Waals surface area contributed by atoms with Crippen molar-refractivity contribution < 1.29 is 19.4 Å². The normalized spacial score (nSPS) is 11.7. The van der Waals surface area contributed by atoms with Gasteiger partial charge in [0, 0.05) is 18.7 Å². The first-order valence-corrected chi connectivity index (χ1v) is 8.80. The van der Waals surface area contributed by atoms with Crippen LogP contribution < -0.4 is 5.32 Å². The topological polar surface area (TPSA) is 75.6 Å². The maximum absolute atomic E-state index is 12.0. The number of aliphatic carboxylic acids is 1. The first-order valence-electron chi connectivity index (χ1n) is 8.80. The van der Waals surface area contributed by atoms with Gasteiger partial charge >= 0.3 is 5.97 Å². The lowest BCUT2D eigenvalue weighted by Gasteiger charge is -2.10. The molecule has 138 valence electrons. The molecular formula is C21H25NO4. The highest BCUT2D eigenvalue weighted by Crippen LogP contribution is 2.19. The van der Waals surface area contributed by atoms with E-state index in [0.29, 0.717) is 37.3 Å². The molecule has 26 heavy (non-hydrogen) atoms. The van der Waals surface area contributed by atoms with Gasteiger partial charge in [-0.05, 0) is 43.0 Å². The molecule has 2 aromatic carbocycles. The molecule has 1 unspecified atom stereocenters. The van der Waals surface area contributed by atoms with Gasteiger partial charge in [-0.15, -0.1) is 0 Å². The fourth-order valence-electron chi connectivity index (χ4n) is 2.52. The molecule has 0 radical (unpaired) electrons. The number of hydrogen-bond acceptors (Lipinski definition) is 3. The summed E-state index contributed by atoms with van der Waals surface area (Å²) in [6.45, 7) is 2.80. The van der Waals surface area contributed by atoms with E-state index in [2.05, 4.69) is 17.4 Å². The molecule has 2 rings (SSSR count). The second kappa shape index (κ2) is 10.4. The van der Waals surface area contributed by atoms with Crippen molar-refractivity contribution in [2.45, 2.75) is 32.1 Å². The first kappa shape index (κ1) is 19.7. The van der Waals surface area contributed by atoms with E-state index in [0.717, 1.165) is 6.42 Å². The Morgan fingerprint density at radius 1 is 1.08 bits per heavy atom. The number of nitrogens with one attached hydrogen (secondary N) is 1. The summed E-state index contributed by atoms with van der Waals surface area (Å²) in [6, 6.07) is 17.1. The third-order valence-corrected chi connectivity index (χ3v) is 4.11. The van der Waals surface area contributed by atoms with Crippen molar-refractivity contribution in [2.24, 2.45) is 0 Å². The van der Waals surface area contributed by atoms with Crippen LogP contribution in [-0.2, 0) is 20.7 Å². The number of anilines is 1. The molecule has 0 saturated heterocycles. The summed E-state index contributed by atoms with van der Waals surface area (Å²) in [5.74, 6) is -1.59. The van der Waals surface area contributed by atoms with E-state index >= 15 is 0 Å². The second-order valence-corrected chi connectivity index (χ2v) is 6.19. The fraction of sp³-hybridized carbons (Fsp3) is 0.333. The summed E-state index contributed by atoms with van der Waals surface area (Å²) in [7, 11) is 0. The number of ether oxygens (including phenoxy) is 1. The molecule has 5 heteroatoms. The molecule has 0 bridgehead atoms. The highest BCUT2D eigenvalue weighted by atomic mass is 16.5. The Labute approximate surface area is 154 Å². The number of carbonyl (C=O) groups is 2. The molecule has 0 aliphatic rings. The van der Waals surface area contributed by atoms with Crippen LogP contribution in [0.3, 0.4) is 0 Å². The van der Waals surface area contributed by atoms with E-state index in [1.807, 2.05) is 18.2 Å². The minimum absolute atomic E-state index is 0.100. The van der Waals surface area contributed by atoms with Gasteiger partial charge in [-0.25, -0.2) is 0 Å². The molecule has 0 aromatic heterocycles. The van der Waals surface area contributed by atoms with Crippen LogP contribution in [0.2, 0.25) is 0 Å². The molecule has 2 aromatic rings. The van der Waals surface area contributed by atoms with E-state index < -0.39 is 11.9 Å². The Kier molecular flexibility index (Phi) is 7.83. The van der Waals surface area contributed by atoms with Crippen LogP contribution in [0.5, 0.6) is 0 Å². The molecule has 0 aliphatic carbocycles. The summed E-state index contributed by atoms with van der Waals surface area (Å²) in [5, 5.41) is 11.9. The summed E-state index contributed by atoms with van der Waals surface area (Å²) >= 11 is 0. The van der Waals surface area contributed by atoms with E-state index in [1.165, 1.54) is 5.56 Å². The molecule has 0 spiro atoms. The monoisotopic (exact) mass is 355 g/mol. The van der Waals surface area contributed by atoms with Crippen molar-refractivity contribution >= 4 is 17.6 Å². The lowest BCUT2D eigenvalue weighted by atomic mass is 10.0. The molecule has 0 aliphatic heterocycles. The van der Waals surface area contributed by atoms with E-state index in [4.69, 9.17) is 9.84 Å². The predicted molar refractivity (Wildman–Crippen MR) is 101 cm³/mol. The summed E-state index contributed by atoms with van der Waals surface area (Å²) in [5.41, 5.74) is 2.52. The zero-order chi connectivity index (χ0) is 18.8. The van der Waals surface area contributed by atoms with Crippen LogP contribution in [0.15, 0.2) is 54.6 Å². The maximum Gasteiger partial charge on any atom is 0.310 e. The number of rotatable bonds is 10. The van der Waals surface area contributed by atoms with Crippen molar-refractivity contribution in [3.63, 3.8) is 0 Å². The third-order valence-electron chi connectivity index (χ3n) is 4.11. The number of hydrogen-bond donors (Lipinski definition) is 2. The number of amides is 1. The zero-order valence-electron chi connectivity index (χ0n) is 15.0. The average molecular weight is 355 g/mol. The smallest absolute Gasteiger partial charge is 0.310 e. The Hall–Kier alpha value is -2.66. The fourth-order valence-corrected chi connectivity index (χ4v) is 2.52. The predicted octanol–water partition coefficient (Wildman–Crippen LogP) is 3.85. The molecule has 0 fully saturated rings. The lowest BCUT2D eigenvalue weighted by Crippen LogP contribution is -2.13. The van der Waals surface area contributed by atoms with Gasteiger partial charge in [0.15, 0.2) is 0 Å². The quantitative estimate of drug-likeness (QED) is 0.635. The molecule has 2 N–H and O–H groups in total. The SMILES string of the molecule is CC(C(=O)O)c1cccc(NC(=O)CCCOCCc2ccccc2)c1. The second-order valence-electron chi connectivity index (χ2n) is 6.19. The summed E-state index contributed by atoms with van der Waals surface area (Å²) in [6.07, 6.45) is 1.87. The van der Waals surface area contributed by atoms with E-state index in [-0.39, 0.29) is 5.91 Å². The van der Waals surface area contributed by atoms with Crippen molar-refractivity contribution in [3.05, 3.63) is 65.7 Å². The largest absolute Gasteiger partial charge is 0.481 e. The first-order chi connectivity index (χ1) is 12.6. The third kappa shape index (κ3) is 6.69. The molecular weight excluding hydrogens is 330 g/mol. The molecule has 5 nitrogen and oxygen atoms in total. The van der Waals surface area contributed by atoms with Crippen LogP contribution in [0.25, 0.3) is 0 Å². The van der Waals surface area contributed by atoms with Gasteiger partial charge in [-0.2, -0.15) is 0 Å². The van der Waals surface area contributed by atoms with Crippen molar-refractivity contribution in [1.82, 2.24) is 0 Å². The highest BCUT2D eigenvalue weighted by Gasteiger charge is 2.14. The zero-order valence-corrected chi connectivity index (χ0v) is 15.0. The van der Waals surface area contributed by atoms with E-state index in [1.54, 1.807) is 31.2 Å². The van der Waals surface area contributed by atoms with Gasteiger partial charge in [0.25, 0.3) is 0 Å². The van der Waals surface area contributed by atoms with Crippen molar-refractivity contribution in [3.8, 4) is 0 Å². The van der Waals surface area contributed by atoms with Gasteiger partial charge in [0.2, 0.25) is 5.91 Å². The summed E-state index contributed by atoms with van der Waals surface area (Å²) < 4.78 is 5.57. The van der Waals surface area contributed by atoms with Crippen LogP contribution in [-0.4, -0.2) is 30.2 Å². The van der Waals surface area contributed by atoms with Crippen LogP contribution in [0.1, 0.15) is 36.8 Å². The molecule has 0 saturated carbocycles. The number of carbonyl (C=O) groups excluding carboxylic acids is 1. The maximum atomic E-state index is 12.0. The van der Waals surface area contributed by atoms with Gasteiger partial charge in [0.05, 0.1) is 12.5 Å². The number of benzene rings is 2. The lowest BCUT2D eigenvalue weighted by molar-refractivity contribution is -0.138. The van der Waals surface area contributed by atoms with Crippen molar-refractivity contribution in [1.29, 1.82) is 0 Å². The minimum Gasteiger partial charge on any atom is -0.481 e. The Morgan fingerprint density at radius 3 is 2.58 bits per heavy atom. The van der Waals surface area contributed by atoms with Gasteiger partial charge in [0.1, 0.15) is 0 Å². The Morgan fingerprint density at radius 2 is 1.85 bits per heavy atom. The van der Waals surface area contributed by atoms with Crippen LogP contribution >= 0.6 is 0 Å². The van der Waals surface area contributed by atoms with E-state index in [9.17, 15) is 9.59 Å². The Bertz CT molecular complexity index is 715. The van der Waals surface area contributed by atoms with Crippen LogP contribution in [0, 0.1) is 0 Å². The number of carboxylic acid groups (broad SMARTS) is 1. The highest BCUT2D eigenvalue weighted by molar-refractivity contribution is 5.91. The van der Waals surface area contributed by atoms with Crippen LogP contribution in [0.4, 0.5) is 5.69 Å². The summed E-state index contributed by atoms with van der Waals surface area (Å²) in [4.78, 5) is 23.0. The van der Waals surface area contributed by atoms with Gasteiger partial charge < -0.3 is 15.2 Å². The molecule has 1 atom stereocenters.